The van der Waals surface area contributed by atoms with Gasteiger partial charge in [-0.2, -0.15) is 0 Å². The minimum absolute atomic E-state index is 0.0281. The molecule has 4 aromatic rings. The lowest BCUT2D eigenvalue weighted by atomic mass is 9.96. The van der Waals surface area contributed by atoms with Crippen LogP contribution in [0.25, 0.3) is 11.3 Å². The van der Waals surface area contributed by atoms with Gasteiger partial charge in [0.25, 0.3) is 0 Å². The van der Waals surface area contributed by atoms with E-state index in [4.69, 9.17) is 46.9 Å². The van der Waals surface area contributed by atoms with Crippen LogP contribution in [0, 0.1) is 34.7 Å². The van der Waals surface area contributed by atoms with Crippen LogP contribution >= 0.6 is 35.0 Å². The van der Waals surface area contributed by atoms with Gasteiger partial charge in [-0.05, 0) is 42.5 Å². The lowest BCUT2D eigenvalue weighted by Gasteiger charge is -2.44. The SMILES string of the molecule is COc1c(F)cc(-c2cn([C@@H]3[C@@H](OC(C)=O)[C@@H](Sc4ccc(Cl)c(Cl)c4)O[C@H](COC(C)=O)[C@@H]3OC(C)=O)nn2)cc1F.COc1c(F)cc(C#C[Si](C)(C)C)cc1F. The summed E-state index contributed by atoms with van der Waals surface area (Å²) in [6.07, 6.45) is -2.15. The average Bonchev–Trinajstić information content (AvgIpc) is 3.62. The third-order valence-electron chi connectivity index (χ3n) is 7.91. The molecule has 0 aliphatic carbocycles. The van der Waals surface area contributed by atoms with Crippen molar-refractivity contribution in [2.45, 2.75) is 75.1 Å². The van der Waals surface area contributed by atoms with Crippen molar-refractivity contribution in [1.82, 2.24) is 15.0 Å². The number of aromatic nitrogens is 3. The number of ether oxygens (including phenoxy) is 6. The summed E-state index contributed by atoms with van der Waals surface area (Å²) in [5, 5.41) is 8.75. The highest BCUT2D eigenvalue weighted by Crippen LogP contribution is 2.42. The van der Waals surface area contributed by atoms with E-state index in [0.29, 0.717) is 15.5 Å². The van der Waals surface area contributed by atoms with E-state index in [9.17, 15) is 31.9 Å². The van der Waals surface area contributed by atoms with E-state index in [0.717, 1.165) is 37.9 Å². The first-order valence-electron chi connectivity index (χ1n) is 17.5. The van der Waals surface area contributed by atoms with E-state index in [1.807, 2.05) is 0 Å². The Bertz CT molecular complexity index is 2210. The Kier molecular flexibility index (Phi) is 16.2. The quantitative estimate of drug-likeness (QED) is 0.0499. The molecule has 5 atom stereocenters. The molecule has 1 fully saturated rings. The summed E-state index contributed by atoms with van der Waals surface area (Å²) >= 11 is 13.4. The number of thioether (sulfide) groups is 1. The van der Waals surface area contributed by atoms with Crippen LogP contribution < -0.4 is 9.47 Å². The van der Waals surface area contributed by atoms with Crippen LogP contribution in [0.1, 0.15) is 32.4 Å². The van der Waals surface area contributed by atoms with Gasteiger partial charge in [-0.3, -0.25) is 14.4 Å². The maximum atomic E-state index is 14.5. The third-order valence-corrected chi connectivity index (χ3v) is 10.7. The zero-order valence-corrected chi connectivity index (χ0v) is 36.2. The van der Waals surface area contributed by atoms with Gasteiger partial charge in [-0.1, -0.05) is 65.7 Å². The number of rotatable bonds is 10. The van der Waals surface area contributed by atoms with Crippen LogP contribution in [0.2, 0.25) is 29.7 Å². The molecule has 0 radical (unpaired) electrons. The predicted molar refractivity (Wildman–Crippen MR) is 213 cm³/mol. The molecule has 1 saturated heterocycles. The summed E-state index contributed by atoms with van der Waals surface area (Å²) in [6, 6.07) is 8.11. The first kappa shape index (κ1) is 46.9. The van der Waals surface area contributed by atoms with Gasteiger partial charge >= 0.3 is 17.9 Å². The Hall–Kier alpha value is -4.80. The molecule has 3 aromatic carbocycles. The molecule has 0 amide bonds. The number of benzene rings is 3. The predicted octanol–water partition coefficient (Wildman–Crippen LogP) is 8.23. The molecule has 0 bridgehead atoms. The van der Waals surface area contributed by atoms with Crippen molar-refractivity contribution in [3.8, 4) is 34.2 Å². The zero-order chi connectivity index (χ0) is 43.8. The van der Waals surface area contributed by atoms with E-state index in [2.05, 4.69) is 46.2 Å². The molecule has 1 aromatic heterocycles. The van der Waals surface area contributed by atoms with Gasteiger partial charge < -0.3 is 28.4 Å². The molecule has 0 unspecified atom stereocenters. The molecule has 20 heteroatoms. The maximum Gasteiger partial charge on any atom is 0.303 e. The number of esters is 3. The van der Waals surface area contributed by atoms with Gasteiger partial charge in [0.1, 0.15) is 38.0 Å². The first-order valence-corrected chi connectivity index (χ1v) is 22.6. The van der Waals surface area contributed by atoms with Gasteiger partial charge in [0.15, 0.2) is 47.0 Å². The Morgan fingerprint density at radius 3 is 1.90 bits per heavy atom. The average molecular weight is 901 g/mol. The van der Waals surface area contributed by atoms with E-state index in [1.54, 1.807) is 18.2 Å². The number of methoxy groups -OCH3 is 2. The number of hydrogen-bond donors (Lipinski definition) is 0. The zero-order valence-electron chi connectivity index (χ0n) is 32.9. The molecule has 316 valence electrons. The topological polar surface area (TPSA) is 137 Å². The Morgan fingerprint density at radius 2 is 1.39 bits per heavy atom. The van der Waals surface area contributed by atoms with E-state index < -0.39 is 84.8 Å². The van der Waals surface area contributed by atoms with E-state index in [-0.39, 0.29) is 28.6 Å². The van der Waals surface area contributed by atoms with Crippen LogP contribution in [-0.2, 0) is 33.3 Å². The highest BCUT2D eigenvalue weighted by Gasteiger charge is 2.52. The fourth-order valence-corrected chi connectivity index (χ4v) is 7.54. The van der Waals surface area contributed by atoms with Crippen molar-refractivity contribution in [2.24, 2.45) is 0 Å². The highest BCUT2D eigenvalue weighted by molar-refractivity contribution is 7.99. The fraction of sp³-hybridized carbons (Fsp3) is 0.359. The molecule has 1 aliphatic rings. The summed E-state index contributed by atoms with van der Waals surface area (Å²) in [4.78, 5) is 36.8. The van der Waals surface area contributed by atoms with Crippen LogP contribution in [0.4, 0.5) is 17.6 Å². The second-order valence-corrected chi connectivity index (χ2v) is 20.4. The van der Waals surface area contributed by atoms with Gasteiger partial charge in [0, 0.05) is 36.8 Å². The number of hydrogen-bond acceptors (Lipinski definition) is 12. The third kappa shape index (κ3) is 12.8. The molecular weight excluding hydrogens is 861 g/mol. The lowest BCUT2D eigenvalue weighted by molar-refractivity contribution is -0.212. The molecule has 59 heavy (non-hydrogen) atoms. The molecule has 0 saturated carbocycles. The summed E-state index contributed by atoms with van der Waals surface area (Å²) in [7, 11) is 0.828. The van der Waals surface area contributed by atoms with Crippen molar-refractivity contribution in [3.05, 3.63) is 87.5 Å². The van der Waals surface area contributed by atoms with Gasteiger partial charge in [-0.25, -0.2) is 22.2 Å². The maximum absolute atomic E-state index is 14.5. The second kappa shape index (κ2) is 20.4. The monoisotopic (exact) mass is 899 g/mol. The van der Waals surface area contributed by atoms with Crippen molar-refractivity contribution in [3.63, 3.8) is 0 Å². The molecule has 12 nitrogen and oxygen atoms in total. The standard InChI is InChI=1S/C27H25Cl2F2N3O8S.C12H14F2OSi/c1-12(35)39-11-22-25(40-13(2)36)23(34-10-21(32-33-34)15-7-19(30)24(38-4)20(31)8-15)26(41-14(3)37)27(42-22)43-16-5-6-17(28)18(29)9-16;1-15-12-10(13)7-9(8-11(12)14)5-6-16(2,3)4/h5-10,22-23,25-27H,11H2,1-4H3;7-8H,1-4H3/t22-,23+,25+,26-,27-;/m1./s1. The minimum atomic E-state index is -1.53. The summed E-state index contributed by atoms with van der Waals surface area (Å²) in [5.41, 5.74) is 2.46. The van der Waals surface area contributed by atoms with Gasteiger partial charge in [0.2, 0.25) is 0 Å². The Morgan fingerprint density at radius 1 is 0.831 bits per heavy atom. The van der Waals surface area contributed by atoms with Crippen molar-refractivity contribution < 1.29 is 60.4 Å². The molecule has 0 spiro atoms. The molecule has 2 heterocycles. The molecular formula is C39H39Cl2F4N3O9SSi. The Balaban J connectivity index is 0.000000403. The van der Waals surface area contributed by atoms with Crippen molar-refractivity contribution >= 4 is 60.9 Å². The van der Waals surface area contributed by atoms with Crippen LogP contribution in [-0.4, -0.2) is 85.6 Å². The van der Waals surface area contributed by atoms with Gasteiger partial charge in [-0.15, -0.1) is 10.6 Å². The minimum Gasteiger partial charge on any atom is -0.491 e. The smallest absolute Gasteiger partial charge is 0.303 e. The normalized spacial score (nSPS) is 18.6. The lowest BCUT2D eigenvalue weighted by Crippen LogP contribution is -2.57. The number of carbonyl (C=O) groups excluding carboxylic acids is 3. The van der Waals surface area contributed by atoms with Crippen molar-refractivity contribution in [1.29, 1.82) is 0 Å². The van der Waals surface area contributed by atoms with Crippen molar-refractivity contribution in [2.75, 3.05) is 20.8 Å². The van der Waals surface area contributed by atoms with E-state index in [1.165, 1.54) is 44.0 Å². The number of nitrogens with zero attached hydrogens (tertiary/aromatic N) is 3. The largest absolute Gasteiger partial charge is 0.491 e. The summed E-state index contributed by atoms with van der Waals surface area (Å²) < 4.78 is 88.8. The highest BCUT2D eigenvalue weighted by atomic mass is 35.5. The molecule has 0 N–H and O–H groups in total. The van der Waals surface area contributed by atoms with Crippen LogP contribution in [0.5, 0.6) is 11.5 Å². The Labute approximate surface area is 352 Å². The summed E-state index contributed by atoms with van der Waals surface area (Å²) in [6.45, 7) is 9.39. The molecule has 1 aliphatic heterocycles. The van der Waals surface area contributed by atoms with Crippen LogP contribution in [0.3, 0.4) is 0 Å². The van der Waals surface area contributed by atoms with Gasteiger partial charge in [0.05, 0.1) is 30.5 Å². The summed E-state index contributed by atoms with van der Waals surface area (Å²) in [5.74, 6) is -3.54. The van der Waals surface area contributed by atoms with Crippen LogP contribution in [0.15, 0.2) is 53.6 Å². The molecule has 5 rings (SSSR count). The fourth-order valence-electron chi connectivity index (χ4n) is 5.51. The number of carbonyl (C=O) groups is 3. The van der Waals surface area contributed by atoms with E-state index >= 15 is 0 Å². The number of halogens is 6. The second-order valence-electron chi connectivity index (χ2n) is 13.7. The first-order chi connectivity index (χ1) is 27.7.